The van der Waals surface area contributed by atoms with Gasteiger partial charge in [0, 0.05) is 32.6 Å². The zero-order valence-electron chi connectivity index (χ0n) is 13.3. The number of β-amino-alcohol motifs (C(OH)–C–C–N with tert-alkyl or cyclic N) is 1. The van der Waals surface area contributed by atoms with Crippen molar-refractivity contribution in [2.45, 2.75) is 25.3 Å². The lowest BCUT2D eigenvalue weighted by molar-refractivity contribution is 0.0953. The maximum absolute atomic E-state index is 9.10. The summed E-state index contributed by atoms with van der Waals surface area (Å²) in [5.41, 5.74) is 0.342. The molecule has 0 radical (unpaired) electrons. The molecule has 0 bridgehead atoms. The van der Waals surface area contributed by atoms with Gasteiger partial charge in [0.05, 0.1) is 19.3 Å². The third-order valence-corrected chi connectivity index (χ3v) is 5.12. The molecule has 0 unspecified atom stereocenters. The second-order valence-electron chi connectivity index (χ2n) is 6.56. The Kier molecular flexibility index (Phi) is 4.90. The predicted molar refractivity (Wildman–Crippen MR) is 84.9 cm³/mol. The van der Waals surface area contributed by atoms with Crippen molar-refractivity contribution in [1.29, 1.82) is 0 Å². The molecule has 2 saturated heterocycles. The fourth-order valence-corrected chi connectivity index (χ4v) is 3.93. The summed E-state index contributed by atoms with van der Waals surface area (Å²) in [4.78, 5) is 13.5. The normalized spacial score (nSPS) is 25.0. The number of likely N-dealkylation sites (tertiary alicyclic amines) is 1. The molecule has 122 valence electrons. The van der Waals surface area contributed by atoms with Crippen molar-refractivity contribution >= 4 is 5.95 Å². The van der Waals surface area contributed by atoms with Gasteiger partial charge in [0.1, 0.15) is 0 Å². The highest BCUT2D eigenvalue weighted by Crippen LogP contribution is 2.44. The third-order valence-electron chi connectivity index (χ3n) is 5.12. The standard InChI is InChI=1S/C16H26N4O2/c1-22-12-14-11-16(3-7-19(8-4-16)9-10-21)13-20(14)15-17-5-2-6-18-15/h2,5-6,14,21H,3-4,7-13H2,1H3/t14-/m1/s1. The Balaban J connectivity index is 1.71. The largest absolute Gasteiger partial charge is 0.395 e. The van der Waals surface area contributed by atoms with E-state index in [2.05, 4.69) is 19.8 Å². The molecule has 0 aliphatic carbocycles. The molecule has 6 heteroatoms. The Hall–Kier alpha value is -1.24. The summed E-state index contributed by atoms with van der Waals surface area (Å²) in [6, 6.07) is 2.21. The summed E-state index contributed by atoms with van der Waals surface area (Å²) in [7, 11) is 1.76. The Morgan fingerprint density at radius 3 is 2.68 bits per heavy atom. The number of aliphatic hydroxyl groups excluding tert-OH is 1. The van der Waals surface area contributed by atoms with E-state index in [0.717, 1.165) is 45.2 Å². The van der Waals surface area contributed by atoms with Crippen LogP contribution >= 0.6 is 0 Å². The molecular weight excluding hydrogens is 280 g/mol. The number of aromatic nitrogens is 2. The van der Waals surface area contributed by atoms with Crippen LogP contribution in [0.15, 0.2) is 18.5 Å². The quantitative estimate of drug-likeness (QED) is 0.867. The summed E-state index contributed by atoms with van der Waals surface area (Å²) in [6.45, 7) is 4.93. The molecule has 22 heavy (non-hydrogen) atoms. The Morgan fingerprint density at radius 2 is 2.05 bits per heavy atom. The summed E-state index contributed by atoms with van der Waals surface area (Å²) in [5, 5.41) is 9.10. The van der Waals surface area contributed by atoms with E-state index in [1.54, 1.807) is 19.5 Å². The van der Waals surface area contributed by atoms with Gasteiger partial charge in [-0.1, -0.05) is 0 Å². The maximum Gasteiger partial charge on any atom is 0.225 e. The summed E-state index contributed by atoms with van der Waals surface area (Å²) in [5.74, 6) is 0.819. The van der Waals surface area contributed by atoms with Crippen molar-refractivity contribution in [3.63, 3.8) is 0 Å². The first kappa shape index (κ1) is 15.6. The van der Waals surface area contributed by atoms with Crippen molar-refractivity contribution in [3.05, 3.63) is 18.5 Å². The molecule has 1 aromatic heterocycles. The first-order chi connectivity index (χ1) is 10.8. The average molecular weight is 306 g/mol. The molecule has 6 nitrogen and oxygen atoms in total. The number of aliphatic hydroxyl groups is 1. The van der Waals surface area contributed by atoms with Crippen molar-refractivity contribution in [2.75, 3.05) is 51.4 Å². The highest BCUT2D eigenvalue weighted by Gasteiger charge is 2.46. The molecule has 2 aliphatic heterocycles. The Labute approximate surface area is 132 Å². The summed E-state index contributed by atoms with van der Waals surface area (Å²) in [6.07, 6.45) is 7.11. The Morgan fingerprint density at radius 1 is 1.32 bits per heavy atom. The van der Waals surface area contributed by atoms with Crippen LogP contribution in [-0.4, -0.2) is 72.5 Å². The van der Waals surface area contributed by atoms with Gasteiger partial charge in [-0.3, -0.25) is 0 Å². The molecule has 0 saturated carbocycles. The highest BCUT2D eigenvalue weighted by molar-refractivity contribution is 5.35. The molecule has 1 atom stereocenters. The van der Waals surface area contributed by atoms with Gasteiger partial charge in [0.25, 0.3) is 0 Å². The van der Waals surface area contributed by atoms with Crippen LogP contribution in [0.3, 0.4) is 0 Å². The van der Waals surface area contributed by atoms with Crippen LogP contribution in [0.4, 0.5) is 5.95 Å². The first-order valence-electron chi connectivity index (χ1n) is 8.12. The fourth-order valence-electron chi connectivity index (χ4n) is 3.93. The number of rotatable bonds is 5. The van der Waals surface area contributed by atoms with Crippen LogP contribution in [0, 0.1) is 5.41 Å². The van der Waals surface area contributed by atoms with Gasteiger partial charge in [0.2, 0.25) is 5.95 Å². The van der Waals surface area contributed by atoms with E-state index in [4.69, 9.17) is 9.84 Å². The first-order valence-corrected chi connectivity index (χ1v) is 8.12. The molecule has 0 aromatic carbocycles. The summed E-state index contributed by atoms with van der Waals surface area (Å²) < 4.78 is 5.43. The number of hydrogen-bond acceptors (Lipinski definition) is 6. The van der Waals surface area contributed by atoms with Crippen LogP contribution in [0.2, 0.25) is 0 Å². The number of anilines is 1. The molecule has 1 N–H and O–H groups in total. The molecule has 1 aromatic rings. The van der Waals surface area contributed by atoms with Gasteiger partial charge in [0.15, 0.2) is 0 Å². The number of piperidine rings is 1. The number of ether oxygens (including phenoxy) is 1. The molecule has 1 spiro atoms. The number of nitrogens with zero attached hydrogens (tertiary/aromatic N) is 4. The lowest BCUT2D eigenvalue weighted by Crippen LogP contribution is -2.42. The number of hydrogen-bond donors (Lipinski definition) is 1. The van der Waals surface area contributed by atoms with E-state index in [1.165, 1.54) is 12.8 Å². The van der Waals surface area contributed by atoms with Gasteiger partial charge in [-0.15, -0.1) is 0 Å². The van der Waals surface area contributed by atoms with Gasteiger partial charge in [-0.2, -0.15) is 0 Å². The van der Waals surface area contributed by atoms with Crippen molar-refractivity contribution in [2.24, 2.45) is 5.41 Å². The predicted octanol–water partition coefficient (Wildman–Crippen LogP) is 0.776. The minimum absolute atomic E-state index is 0.253. The van der Waals surface area contributed by atoms with Crippen LogP contribution in [-0.2, 0) is 4.74 Å². The van der Waals surface area contributed by atoms with Gasteiger partial charge >= 0.3 is 0 Å². The lowest BCUT2D eigenvalue weighted by atomic mass is 9.76. The van der Waals surface area contributed by atoms with Crippen LogP contribution in [0.5, 0.6) is 0 Å². The monoisotopic (exact) mass is 306 g/mol. The summed E-state index contributed by atoms with van der Waals surface area (Å²) >= 11 is 0. The second-order valence-corrected chi connectivity index (χ2v) is 6.56. The Bertz CT molecular complexity index is 462. The van der Waals surface area contributed by atoms with Crippen molar-refractivity contribution in [1.82, 2.24) is 14.9 Å². The van der Waals surface area contributed by atoms with Crippen molar-refractivity contribution in [3.8, 4) is 0 Å². The zero-order chi connectivity index (χ0) is 15.4. The van der Waals surface area contributed by atoms with Crippen LogP contribution < -0.4 is 4.90 Å². The van der Waals surface area contributed by atoms with E-state index in [-0.39, 0.29) is 6.61 Å². The average Bonchev–Trinajstić information content (AvgIpc) is 2.90. The van der Waals surface area contributed by atoms with Crippen LogP contribution in [0.1, 0.15) is 19.3 Å². The third kappa shape index (κ3) is 3.24. The smallest absolute Gasteiger partial charge is 0.225 e. The van der Waals surface area contributed by atoms with E-state index in [9.17, 15) is 0 Å². The van der Waals surface area contributed by atoms with E-state index in [0.29, 0.717) is 11.5 Å². The van der Waals surface area contributed by atoms with Crippen LogP contribution in [0.25, 0.3) is 0 Å². The van der Waals surface area contributed by atoms with Gasteiger partial charge in [-0.25, -0.2) is 9.97 Å². The van der Waals surface area contributed by atoms with E-state index >= 15 is 0 Å². The minimum Gasteiger partial charge on any atom is -0.395 e. The van der Waals surface area contributed by atoms with Gasteiger partial charge in [-0.05, 0) is 43.8 Å². The molecule has 3 heterocycles. The topological polar surface area (TPSA) is 61.7 Å². The maximum atomic E-state index is 9.10. The molecular formula is C16H26N4O2. The SMILES string of the molecule is COC[C@H]1CC2(CCN(CCO)CC2)CN1c1ncccn1. The minimum atomic E-state index is 0.253. The fraction of sp³-hybridized carbons (Fsp3) is 0.750. The van der Waals surface area contributed by atoms with Crippen molar-refractivity contribution < 1.29 is 9.84 Å². The highest BCUT2D eigenvalue weighted by atomic mass is 16.5. The number of methoxy groups -OCH3 is 1. The zero-order valence-corrected chi connectivity index (χ0v) is 13.3. The van der Waals surface area contributed by atoms with E-state index < -0.39 is 0 Å². The van der Waals surface area contributed by atoms with Gasteiger partial charge < -0.3 is 19.6 Å². The van der Waals surface area contributed by atoms with E-state index in [1.807, 2.05) is 6.07 Å². The molecule has 2 aliphatic rings. The molecule has 0 amide bonds. The molecule has 3 rings (SSSR count). The lowest BCUT2D eigenvalue weighted by Gasteiger charge is -2.39. The second kappa shape index (κ2) is 6.89. The molecule has 2 fully saturated rings.